The summed E-state index contributed by atoms with van der Waals surface area (Å²) in [6, 6.07) is 4.11. The third-order valence-electron chi connectivity index (χ3n) is 6.39. The Morgan fingerprint density at radius 1 is 1.07 bits per heavy atom. The van der Waals surface area contributed by atoms with Crippen LogP contribution in [0.3, 0.4) is 0 Å². The van der Waals surface area contributed by atoms with Gasteiger partial charge in [-0.3, -0.25) is 4.79 Å². The zero-order valence-corrected chi connectivity index (χ0v) is 16.7. The van der Waals surface area contributed by atoms with Gasteiger partial charge in [0.25, 0.3) is 0 Å². The summed E-state index contributed by atoms with van der Waals surface area (Å²) in [6.45, 7) is 12.9. The first-order valence-electron chi connectivity index (χ1n) is 10.0. The molecule has 1 amide bonds. The Balaban J connectivity index is 1.58. The number of amides is 1. The van der Waals surface area contributed by atoms with Crippen LogP contribution in [0.25, 0.3) is 0 Å². The van der Waals surface area contributed by atoms with Gasteiger partial charge >= 0.3 is 0 Å². The molecule has 3 rings (SSSR count). The van der Waals surface area contributed by atoms with Gasteiger partial charge in [0.15, 0.2) is 11.6 Å². The second-order valence-corrected chi connectivity index (χ2v) is 8.24. The molecule has 0 N–H and O–H groups in total. The van der Waals surface area contributed by atoms with Gasteiger partial charge in [0.1, 0.15) is 0 Å². The third-order valence-corrected chi connectivity index (χ3v) is 6.39. The van der Waals surface area contributed by atoms with Gasteiger partial charge in [0.2, 0.25) is 5.91 Å². The van der Waals surface area contributed by atoms with E-state index >= 15 is 0 Å². The molecule has 1 unspecified atom stereocenters. The van der Waals surface area contributed by atoms with Gasteiger partial charge in [-0.2, -0.15) is 0 Å². The first-order chi connectivity index (χ1) is 12.8. The molecule has 4 nitrogen and oxygen atoms in total. The van der Waals surface area contributed by atoms with Crippen molar-refractivity contribution >= 4 is 5.91 Å². The van der Waals surface area contributed by atoms with E-state index in [1.54, 1.807) is 6.07 Å². The van der Waals surface area contributed by atoms with Gasteiger partial charge in [-0.05, 0) is 44.5 Å². The molecule has 0 spiro atoms. The molecule has 6 heteroatoms. The number of likely N-dealkylation sites (N-methyl/N-ethyl adjacent to an activating group) is 1. The van der Waals surface area contributed by atoms with Gasteiger partial charge in [-0.15, -0.1) is 0 Å². The maximum Gasteiger partial charge on any atom is 0.224 e. The zero-order chi connectivity index (χ0) is 19.6. The largest absolute Gasteiger partial charge is 0.337 e. The van der Waals surface area contributed by atoms with Crippen LogP contribution in [0.15, 0.2) is 18.2 Å². The maximum absolute atomic E-state index is 13.7. The van der Waals surface area contributed by atoms with E-state index in [-0.39, 0.29) is 11.8 Å². The van der Waals surface area contributed by atoms with Crippen LogP contribution in [0.2, 0.25) is 0 Å². The van der Waals surface area contributed by atoms with Crippen molar-refractivity contribution < 1.29 is 13.6 Å². The summed E-state index contributed by atoms with van der Waals surface area (Å²) in [7, 11) is 0. The van der Waals surface area contributed by atoms with Crippen LogP contribution in [0.1, 0.15) is 45.1 Å². The molecular formula is C21H31F2N3O. The fraction of sp³-hybridized carbons (Fsp3) is 0.667. The minimum atomic E-state index is -0.828. The summed E-state index contributed by atoms with van der Waals surface area (Å²) in [5.74, 6) is -1.47. The van der Waals surface area contributed by atoms with E-state index in [0.29, 0.717) is 13.0 Å². The third kappa shape index (κ3) is 4.32. The Morgan fingerprint density at radius 2 is 1.74 bits per heavy atom. The van der Waals surface area contributed by atoms with E-state index in [9.17, 15) is 13.6 Å². The van der Waals surface area contributed by atoms with Crippen molar-refractivity contribution in [3.63, 3.8) is 0 Å². The summed E-state index contributed by atoms with van der Waals surface area (Å²) in [4.78, 5) is 19.6. The number of hydrogen-bond acceptors (Lipinski definition) is 3. The predicted octanol–water partition coefficient (Wildman–Crippen LogP) is 3.09. The van der Waals surface area contributed by atoms with Gasteiger partial charge in [0.05, 0.1) is 0 Å². The highest BCUT2D eigenvalue weighted by molar-refractivity contribution is 5.78. The van der Waals surface area contributed by atoms with Crippen LogP contribution in [0.5, 0.6) is 0 Å². The molecule has 0 aromatic heterocycles. The lowest BCUT2D eigenvalue weighted by Crippen LogP contribution is -2.49. The van der Waals surface area contributed by atoms with Crippen LogP contribution >= 0.6 is 0 Å². The zero-order valence-electron chi connectivity index (χ0n) is 16.7. The van der Waals surface area contributed by atoms with E-state index in [0.717, 1.165) is 51.3 Å². The standard InChI is InChI=1S/C21H31F2N3O/c1-4-24-11-13-25(14-12-24)9-8-20(27)26-10-7-17(21(26,2)3)16-5-6-18(22)19(23)15-16/h5-6,15,17H,4,7-14H2,1-3H3. The van der Waals surface area contributed by atoms with Crippen LogP contribution in [0, 0.1) is 11.6 Å². The molecule has 27 heavy (non-hydrogen) atoms. The van der Waals surface area contributed by atoms with Crippen molar-refractivity contribution in [2.24, 2.45) is 0 Å². The number of halogens is 2. The van der Waals surface area contributed by atoms with E-state index in [1.807, 2.05) is 18.7 Å². The van der Waals surface area contributed by atoms with Crippen molar-refractivity contribution in [2.75, 3.05) is 45.8 Å². The molecule has 150 valence electrons. The number of carbonyl (C=O) groups is 1. The molecule has 2 aliphatic heterocycles. The summed E-state index contributed by atoms with van der Waals surface area (Å²) >= 11 is 0. The second-order valence-electron chi connectivity index (χ2n) is 8.24. The quantitative estimate of drug-likeness (QED) is 0.787. The van der Waals surface area contributed by atoms with Gasteiger partial charge in [0, 0.05) is 57.1 Å². The summed E-state index contributed by atoms with van der Waals surface area (Å²) in [6.07, 6.45) is 1.29. The Hall–Kier alpha value is -1.53. The monoisotopic (exact) mass is 379 g/mol. The Bertz CT molecular complexity index is 671. The second kappa shape index (κ2) is 8.23. The molecule has 2 heterocycles. The minimum absolute atomic E-state index is 0.0182. The number of carbonyl (C=O) groups excluding carboxylic acids is 1. The molecule has 0 radical (unpaired) electrons. The van der Waals surface area contributed by atoms with Crippen molar-refractivity contribution in [3.8, 4) is 0 Å². The van der Waals surface area contributed by atoms with Crippen molar-refractivity contribution in [1.82, 2.24) is 14.7 Å². The lowest BCUT2D eigenvalue weighted by atomic mass is 9.82. The van der Waals surface area contributed by atoms with Gasteiger partial charge in [-0.1, -0.05) is 13.0 Å². The first-order valence-corrected chi connectivity index (χ1v) is 10.0. The summed E-state index contributed by atoms with van der Waals surface area (Å²) in [5, 5.41) is 0. The summed E-state index contributed by atoms with van der Waals surface area (Å²) in [5.41, 5.74) is 0.368. The molecule has 1 aromatic carbocycles. The van der Waals surface area contributed by atoms with Crippen molar-refractivity contribution in [3.05, 3.63) is 35.4 Å². The predicted molar refractivity (Wildman–Crippen MR) is 103 cm³/mol. The lowest BCUT2D eigenvalue weighted by Gasteiger charge is -2.37. The van der Waals surface area contributed by atoms with E-state index in [4.69, 9.17) is 0 Å². The maximum atomic E-state index is 13.7. The van der Waals surface area contributed by atoms with Crippen LogP contribution < -0.4 is 0 Å². The van der Waals surface area contributed by atoms with Crippen molar-refractivity contribution in [1.29, 1.82) is 0 Å². The smallest absolute Gasteiger partial charge is 0.224 e. The minimum Gasteiger partial charge on any atom is -0.337 e. The molecular weight excluding hydrogens is 348 g/mol. The van der Waals surface area contributed by atoms with Gasteiger partial charge < -0.3 is 14.7 Å². The highest BCUT2D eigenvalue weighted by atomic mass is 19.2. The molecule has 0 bridgehead atoms. The summed E-state index contributed by atoms with van der Waals surface area (Å²) < 4.78 is 26.9. The lowest BCUT2D eigenvalue weighted by molar-refractivity contribution is -0.135. The highest BCUT2D eigenvalue weighted by Gasteiger charge is 2.44. The molecule has 1 atom stereocenters. The van der Waals surface area contributed by atoms with E-state index in [2.05, 4.69) is 16.7 Å². The average Bonchev–Trinajstić information content (AvgIpc) is 2.97. The van der Waals surface area contributed by atoms with Crippen LogP contribution in [0.4, 0.5) is 8.78 Å². The number of benzene rings is 1. The van der Waals surface area contributed by atoms with Crippen LogP contribution in [-0.2, 0) is 4.79 Å². The fourth-order valence-corrected chi connectivity index (χ4v) is 4.56. The van der Waals surface area contributed by atoms with Gasteiger partial charge in [-0.25, -0.2) is 8.78 Å². The Kier molecular flexibility index (Phi) is 6.16. The van der Waals surface area contributed by atoms with Crippen LogP contribution in [-0.4, -0.2) is 72.0 Å². The molecule has 2 aliphatic rings. The van der Waals surface area contributed by atoms with E-state index < -0.39 is 17.2 Å². The highest BCUT2D eigenvalue weighted by Crippen LogP contribution is 2.42. The average molecular weight is 379 g/mol. The molecule has 0 aliphatic carbocycles. The topological polar surface area (TPSA) is 26.8 Å². The Morgan fingerprint density at radius 3 is 2.37 bits per heavy atom. The molecule has 0 saturated carbocycles. The van der Waals surface area contributed by atoms with E-state index in [1.165, 1.54) is 12.1 Å². The number of piperazine rings is 1. The first kappa shape index (κ1) is 20.2. The fourth-order valence-electron chi connectivity index (χ4n) is 4.56. The number of likely N-dealkylation sites (tertiary alicyclic amines) is 1. The SMILES string of the molecule is CCN1CCN(CCC(=O)N2CCC(c3ccc(F)c(F)c3)C2(C)C)CC1. The Labute approximate surface area is 161 Å². The normalized spacial score (nSPS) is 23.7. The number of hydrogen-bond donors (Lipinski definition) is 0. The number of nitrogens with zero attached hydrogens (tertiary/aromatic N) is 3. The molecule has 2 fully saturated rings. The van der Waals surface area contributed by atoms with Crippen molar-refractivity contribution in [2.45, 2.75) is 45.1 Å². The molecule has 1 aromatic rings. The number of rotatable bonds is 5. The molecule has 2 saturated heterocycles.